The Kier molecular flexibility index (Phi) is 2.65. The molecule has 0 radical (unpaired) electrons. The number of benzene rings is 1. The average Bonchev–Trinajstić information content (AvgIpc) is 2.23. The van der Waals surface area contributed by atoms with E-state index >= 15 is 0 Å². The van der Waals surface area contributed by atoms with Gasteiger partial charge in [-0.3, -0.25) is 0 Å². The zero-order chi connectivity index (χ0) is 11.0. The van der Waals surface area contributed by atoms with Crippen molar-refractivity contribution in [1.29, 1.82) is 0 Å². The van der Waals surface area contributed by atoms with Crippen LogP contribution in [-0.2, 0) is 13.0 Å². The Bertz CT molecular complexity index is 388. The van der Waals surface area contributed by atoms with Gasteiger partial charge in [0.2, 0.25) is 0 Å². The molecule has 0 aliphatic carbocycles. The van der Waals surface area contributed by atoms with Crippen molar-refractivity contribution in [2.24, 2.45) is 0 Å². The molecule has 86 valence electrons. The van der Waals surface area contributed by atoms with Crippen LogP contribution in [0.1, 0.15) is 17.5 Å². The third-order valence-electron chi connectivity index (χ3n) is 3.64. The number of likely N-dealkylation sites (tertiary alicyclic amines) is 1. The van der Waals surface area contributed by atoms with Gasteiger partial charge < -0.3 is 10.2 Å². The maximum atomic E-state index is 13.0. The first kappa shape index (κ1) is 10.2. The Morgan fingerprint density at radius 3 is 2.94 bits per heavy atom. The molecule has 2 aliphatic rings. The van der Waals surface area contributed by atoms with E-state index in [1.54, 1.807) is 12.1 Å². The smallest absolute Gasteiger partial charge is 0.123 e. The molecule has 0 bridgehead atoms. The van der Waals surface area contributed by atoms with Gasteiger partial charge in [-0.2, -0.15) is 0 Å². The van der Waals surface area contributed by atoms with Gasteiger partial charge in [0.15, 0.2) is 0 Å². The fraction of sp³-hybridized carbons (Fsp3) is 0.538. The van der Waals surface area contributed by atoms with Gasteiger partial charge in [0.1, 0.15) is 5.82 Å². The summed E-state index contributed by atoms with van der Waals surface area (Å²) in [6, 6.07) is 5.71. The number of nitrogens with one attached hydrogen (secondary N) is 1. The minimum Gasteiger partial charge on any atom is -0.308 e. The summed E-state index contributed by atoms with van der Waals surface area (Å²) in [6.07, 6.45) is 2.38. The SMILES string of the molecule is Fc1ccc2c(c1)CNC(CN1CCC1)C2. The minimum absolute atomic E-state index is 0.123. The third kappa shape index (κ3) is 1.97. The van der Waals surface area contributed by atoms with E-state index < -0.39 is 0 Å². The highest BCUT2D eigenvalue weighted by Gasteiger charge is 2.23. The van der Waals surface area contributed by atoms with Crippen LogP contribution in [0.2, 0.25) is 0 Å². The molecule has 16 heavy (non-hydrogen) atoms. The van der Waals surface area contributed by atoms with E-state index in [2.05, 4.69) is 10.2 Å². The van der Waals surface area contributed by atoms with Crippen LogP contribution in [0.25, 0.3) is 0 Å². The molecule has 0 saturated carbocycles. The number of halogens is 1. The van der Waals surface area contributed by atoms with Crippen molar-refractivity contribution in [3.05, 3.63) is 35.1 Å². The van der Waals surface area contributed by atoms with Crippen LogP contribution in [-0.4, -0.2) is 30.6 Å². The summed E-state index contributed by atoms with van der Waals surface area (Å²) in [5.74, 6) is -0.123. The first-order chi connectivity index (χ1) is 7.81. The molecule has 2 aliphatic heterocycles. The Balaban J connectivity index is 1.68. The minimum atomic E-state index is -0.123. The van der Waals surface area contributed by atoms with E-state index in [9.17, 15) is 4.39 Å². The summed E-state index contributed by atoms with van der Waals surface area (Å²) in [7, 11) is 0. The van der Waals surface area contributed by atoms with Gasteiger partial charge >= 0.3 is 0 Å². The number of hydrogen-bond acceptors (Lipinski definition) is 2. The first-order valence-electron chi connectivity index (χ1n) is 6.04. The number of rotatable bonds is 2. The maximum absolute atomic E-state index is 13.0. The van der Waals surface area contributed by atoms with Gasteiger partial charge in [-0.25, -0.2) is 4.39 Å². The fourth-order valence-corrected chi connectivity index (χ4v) is 2.56. The second-order valence-electron chi connectivity index (χ2n) is 4.85. The van der Waals surface area contributed by atoms with E-state index in [0.29, 0.717) is 6.04 Å². The average molecular weight is 220 g/mol. The zero-order valence-corrected chi connectivity index (χ0v) is 9.38. The van der Waals surface area contributed by atoms with Gasteiger partial charge in [0, 0.05) is 19.1 Å². The Morgan fingerprint density at radius 1 is 1.31 bits per heavy atom. The van der Waals surface area contributed by atoms with Crippen LogP contribution in [0.15, 0.2) is 18.2 Å². The fourth-order valence-electron chi connectivity index (χ4n) is 2.56. The van der Waals surface area contributed by atoms with E-state index in [1.165, 1.54) is 25.1 Å². The van der Waals surface area contributed by atoms with Gasteiger partial charge in [0.25, 0.3) is 0 Å². The van der Waals surface area contributed by atoms with E-state index in [0.717, 1.165) is 25.1 Å². The summed E-state index contributed by atoms with van der Waals surface area (Å²) < 4.78 is 13.0. The Hall–Kier alpha value is -0.930. The van der Waals surface area contributed by atoms with Crippen molar-refractivity contribution in [2.75, 3.05) is 19.6 Å². The molecule has 2 heterocycles. The van der Waals surface area contributed by atoms with Crippen molar-refractivity contribution in [2.45, 2.75) is 25.4 Å². The van der Waals surface area contributed by atoms with Crippen molar-refractivity contribution in [3.63, 3.8) is 0 Å². The molecule has 1 atom stereocenters. The number of fused-ring (bicyclic) bond motifs is 1. The number of hydrogen-bond donors (Lipinski definition) is 1. The van der Waals surface area contributed by atoms with Crippen molar-refractivity contribution in [1.82, 2.24) is 10.2 Å². The highest BCUT2D eigenvalue weighted by atomic mass is 19.1. The van der Waals surface area contributed by atoms with Crippen LogP contribution in [0.3, 0.4) is 0 Å². The summed E-state index contributed by atoms with van der Waals surface area (Å²) in [5.41, 5.74) is 2.44. The molecule has 2 nitrogen and oxygen atoms in total. The molecule has 1 saturated heterocycles. The predicted octanol–water partition coefficient (Wildman–Crippen LogP) is 1.55. The maximum Gasteiger partial charge on any atom is 0.123 e. The normalized spacial score (nSPS) is 24.9. The monoisotopic (exact) mass is 220 g/mol. The van der Waals surface area contributed by atoms with Crippen molar-refractivity contribution >= 4 is 0 Å². The van der Waals surface area contributed by atoms with Crippen LogP contribution in [0.5, 0.6) is 0 Å². The molecule has 1 aromatic carbocycles. The molecule has 1 unspecified atom stereocenters. The molecule has 3 heteroatoms. The molecule has 3 rings (SSSR count). The highest BCUT2D eigenvalue weighted by molar-refractivity contribution is 5.30. The van der Waals surface area contributed by atoms with Crippen LogP contribution in [0, 0.1) is 5.82 Å². The molecule has 0 spiro atoms. The second kappa shape index (κ2) is 4.15. The quantitative estimate of drug-likeness (QED) is 0.813. The zero-order valence-electron chi connectivity index (χ0n) is 9.38. The van der Waals surface area contributed by atoms with E-state index in [1.807, 2.05) is 6.07 Å². The van der Waals surface area contributed by atoms with Gasteiger partial charge in [-0.05, 0) is 49.2 Å². The second-order valence-corrected chi connectivity index (χ2v) is 4.85. The number of nitrogens with zero attached hydrogens (tertiary/aromatic N) is 1. The largest absolute Gasteiger partial charge is 0.308 e. The van der Waals surface area contributed by atoms with Gasteiger partial charge in [-0.1, -0.05) is 6.07 Å². The molecule has 1 fully saturated rings. The Labute approximate surface area is 95.4 Å². The third-order valence-corrected chi connectivity index (χ3v) is 3.64. The van der Waals surface area contributed by atoms with E-state index in [-0.39, 0.29) is 5.82 Å². The standard InChI is InChI=1S/C13H17FN2/c14-12-3-2-10-7-13(9-16-4-1-5-16)15-8-11(10)6-12/h2-3,6,13,15H,1,4-5,7-9H2. The summed E-state index contributed by atoms with van der Waals surface area (Å²) in [4.78, 5) is 2.48. The van der Waals surface area contributed by atoms with Gasteiger partial charge in [0.05, 0.1) is 0 Å². The van der Waals surface area contributed by atoms with Crippen molar-refractivity contribution < 1.29 is 4.39 Å². The lowest BCUT2D eigenvalue weighted by Crippen LogP contribution is -2.49. The predicted molar refractivity (Wildman–Crippen MR) is 61.8 cm³/mol. The van der Waals surface area contributed by atoms with Crippen LogP contribution in [0.4, 0.5) is 4.39 Å². The molecule has 1 aromatic rings. The summed E-state index contributed by atoms with van der Waals surface area (Å²) >= 11 is 0. The van der Waals surface area contributed by atoms with Crippen molar-refractivity contribution in [3.8, 4) is 0 Å². The molecule has 0 amide bonds. The van der Waals surface area contributed by atoms with Gasteiger partial charge in [-0.15, -0.1) is 0 Å². The summed E-state index contributed by atoms with van der Waals surface area (Å²) in [5, 5.41) is 3.49. The molecular formula is C13H17FN2. The highest BCUT2D eigenvalue weighted by Crippen LogP contribution is 2.19. The molecule has 0 aromatic heterocycles. The molecular weight excluding hydrogens is 203 g/mol. The molecule has 1 N–H and O–H groups in total. The topological polar surface area (TPSA) is 15.3 Å². The lowest BCUT2D eigenvalue weighted by atomic mass is 9.95. The van der Waals surface area contributed by atoms with E-state index in [4.69, 9.17) is 0 Å². The van der Waals surface area contributed by atoms with Crippen LogP contribution >= 0.6 is 0 Å². The Morgan fingerprint density at radius 2 is 2.19 bits per heavy atom. The summed E-state index contributed by atoms with van der Waals surface area (Å²) in [6.45, 7) is 4.44. The van der Waals surface area contributed by atoms with Crippen LogP contribution < -0.4 is 5.32 Å². The first-order valence-corrected chi connectivity index (χ1v) is 6.04. The lowest BCUT2D eigenvalue weighted by molar-refractivity contribution is 0.158. The lowest BCUT2D eigenvalue weighted by Gasteiger charge is -2.36.